The lowest BCUT2D eigenvalue weighted by molar-refractivity contribution is 0.190. The van der Waals surface area contributed by atoms with E-state index in [1.54, 1.807) is 0 Å². The molecule has 1 aromatic rings. The highest BCUT2D eigenvalue weighted by Gasteiger charge is 2.37. The van der Waals surface area contributed by atoms with Crippen LogP contribution in [0.15, 0.2) is 95.7 Å². The molecule has 3 aliphatic heterocycles. The Labute approximate surface area is 255 Å². The first kappa shape index (κ1) is 31.7. The summed E-state index contributed by atoms with van der Waals surface area (Å²) in [5, 5.41) is 0. The molecule has 1 aromatic carbocycles. The Hall–Kier alpha value is -3.25. The van der Waals surface area contributed by atoms with Gasteiger partial charge in [-0.15, -0.1) is 6.58 Å². The average molecular weight is 571 g/mol. The van der Waals surface area contributed by atoms with Crippen LogP contribution in [0.4, 0.5) is 0 Å². The fourth-order valence-electron chi connectivity index (χ4n) is 6.59. The van der Waals surface area contributed by atoms with Crippen LogP contribution >= 0.6 is 0 Å². The third-order valence-corrected chi connectivity index (χ3v) is 9.28. The summed E-state index contributed by atoms with van der Waals surface area (Å²) >= 11 is 0. The Kier molecular flexibility index (Phi) is 10.4. The summed E-state index contributed by atoms with van der Waals surface area (Å²) in [5.41, 5.74) is 10.8. The second kappa shape index (κ2) is 13.8. The first-order chi connectivity index (χ1) is 20.0. The highest BCUT2D eigenvalue weighted by atomic mass is 15.4. The third-order valence-electron chi connectivity index (χ3n) is 9.28. The Morgan fingerprint density at radius 2 is 1.88 bits per heavy atom. The summed E-state index contributed by atoms with van der Waals surface area (Å²) < 4.78 is 0. The number of hydrogen-bond donors (Lipinski definition) is 1. The number of nitrogens with two attached hydrogens (primary N) is 1. The van der Waals surface area contributed by atoms with Gasteiger partial charge in [0.25, 0.3) is 0 Å². The van der Waals surface area contributed by atoms with Crippen molar-refractivity contribution in [1.82, 2.24) is 19.6 Å². The predicted octanol–water partition coefficient (Wildman–Crippen LogP) is 6.63. The quantitative estimate of drug-likeness (QED) is 0.286. The number of rotatable bonds is 12. The molecule has 228 valence electrons. The van der Waals surface area contributed by atoms with E-state index in [-0.39, 0.29) is 17.5 Å². The van der Waals surface area contributed by atoms with Crippen LogP contribution in [-0.4, -0.2) is 77.8 Å². The molecule has 0 bridgehead atoms. The molecule has 0 radical (unpaired) electrons. The standard InChI is InChI=1S/C36H54N6/c1-9-21-39(7)35-24-34(41-25-31(37)26-41)38-33(40(35)8)23-28(4)32-19-13-14-22-42(32)29(5)36(6,20-15-16-27(2)3)30-17-11-10-12-18-30/h10-12,17-18,23-24,31-32H,2,4-5,9,13-16,19-22,25-26,37H2,1,3,6-8H3/b33-23-. The van der Waals surface area contributed by atoms with E-state index in [0.717, 1.165) is 81.3 Å². The molecule has 2 atom stereocenters. The Morgan fingerprint density at radius 1 is 1.17 bits per heavy atom. The summed E-state index contributed by atoms with van der Waals surface area (Å²) in [5.74, 6) is 3.07. The van der Waals surface area contributed by atoms with E-state index in [1.807, 2.05) is 0 Å². The van der Waals surface area contributed by atoms with E-state index >= 15 is 0 Å². The van der Waals surface area contributed by atoms with Gasteiger partial charge in [-0.2, -0.15) is 0 Å². The van der Waals surface area contributed by atoms with Crippen molar-refractivity contribution in [2.45, 2.75) is 83.2 Å². The average Bonchev–Trinajstić information content (AvgIpc) is 2.96. The van der Waals surface area contributed by atoms with E-state index in [2.05, 4.69) is 110 Å². The number of nitrogens with zero attached hydrogens (tertiary/aromatic N) is 5. The van der Waals surface area contributed by atoms with Gasteiger partial charge in [-0.3, -0.25) is 0 Å². The lowest BCUT2D eigenvalue weighted by Gasteiger charge is -2.46. The van der Waals surface area contributed by atoms with Crippen molar-refractivity contribution >= 4 is 5.84 Å². The molecule has 3 heterocycles. The maximum atomic E-state index is 6.14. The normalized spacial score (nSPS) is 21.8. The number of aliphatic imine (C=N–C) groups is 1. The van der Waals surface area contributed by atoms with Crippen molar-refractivity contribution < 1.29 is 0 Å². The van der Waals surface area contributed by atoms with E-state index in [0.29, 0.717) is 0 Å². The van der Waals surface area contributed by atoms with E-state index in [9.17, 15) is 0 Å². The molecule has 2 saturated heterocycles. The summed E-state index contributed by atoms with van der Waals surface area (Å²) in [4.78, 5) is 14.5. The zero-order valence-electron chi connectivity index (χ0n) is 26.9. The van der Waals surface area contributed by atoms with Crippen molar-refractivity contribution in [3.63, 3.8) is 0 Å². The van der Waals surface area contributed by atoms with Crippen LogP contribution in [0, 0.1) is 0 Å². The number of likely N-dealkylation sites (tertiary alicyclic amines) is 2. The molecule has 3 aliphatic rings. The Balaban J connectivity index is 1.63. The van der Waals surface area contributed by atoms with Gasteiger partial charge in [0.15, 0.2) is 0 Å². The second-order valence-electron chi connectivity index (χ2n) is 12.9. The van der Waals surface area contributed by atoms with Crippen LogP contribution in [0.2, 0.25) is 0 Å². The number of benzene rings is 1. The van der Waals surface area contributed by atoms with Gasteiger partial charge in [-0.05, 0) is 69.1 Å². The van der Waals surface area contributed by atoms with Crippen LogP contribution in [0.5, 0.6) is 0 Å². The molecule has 0 amide bonds. The van der Waals surface area contributed by atoms with E-state index in [4.69, 9.17) is 17.3 Å². The second-order valence-corrected chi connectivity index (χ2v) is 12.9. The molecule has 0 aliphatic carbocycles. The number of allylic oxidation sites excluding steroid dienone is 2. The summed E-state index contributed by atoms with van der Waals surface area (Å²) in [6, 6.07) is 11.3. The van der Waals surface area contributed by atoms with Crippen molar-refractivity contribution in [2.24, 2.45) is 10.7 Å². The van der Waals surface area contributed by atoms with Gasteiger partial charge in [0.2, 0.25) is 0 Å². The Morgan fingerprint density at radius 3 is 2.52 bits per heavy atom. The summed E-state index contributed by atoms with van der Waals surface area (Å²) in [7, 11) is 4.28. The number of piperidine rings is 1. The monoisotopic (exact) mass is 570 g/mol. The van der Waals surface area contributed by atoms with E-state index < -0.39 is 0 Å². The lowest BCUT2D eigenvalue weighted by Crippen LogP contribution is -2.58. The maximum Gasteiger partial charge on any atom is 0.136 e. The van der Waals surface area contributed by atoms with Crippen molar-refractivity contribution in [2.75, 3.05) is 40.3 Å². The molecule has 0 spiro atoms. The SMILES string of the molecule is C=C(C)CCCC(C)(C(=C)N1CCCCC1C(=C)/C=C1/N=C(N2CC(N)C2)C=C(N(C)CCC)N1C)c1ccccc1. The largest absolute Gasteiger partial charge is 0.368 e. The summed E-state index contributed by atoms with van der Waals surface area (Å²) in [6.45, 7) is 24.0. The van der Waals surface area contributed by atoms with Crippen LogP contribution in [0.1, 0.15) is 71.3 Å². The van der Waals surface area contributed by atoms with E-state index in [1.165, 1.54) is 29.7 Å². The van der Waals surface area contributed by atoms with Gasteiger partial charge in [0, 0.05) is 63.5 Å². The number of hydrogen-bond acceptors (Lipinski definition) is 6. The molecule has 4 rings (SSSR count). The molecule has 6 heteroatoms. The molecule has 42 heavy (non-hydrogen) atoms. The molecule has 0 aromatic heterocycles. The summed E-state index contributed by atoms with van der Waals surface area (Å²) in [6.07, 6.45) is 12.1. The van der Waals surface area contributed by atoms with Crippen LogP contribution in [-0.2, 0) is 5.41 Å². The zero-order valence-corrected chi connectivity index (χ0v) is 26.9. The van der Waals surface area contributed by atoms with Gasteiger partial charge in [0.05, 0.1) is 6.04 Å². The highest BCUT2D eigenvalue weighted by Crippen LogP contribution is 2.41. The molecular weight excluding hydrogens is 516 g/mol. The smallest absolute Gasteiger partial charge is 0.136 e. The molecule has 2 unspecified atom stereocenters. The molecule has 6 nitrogen and oxygen atoms in total. The molecule has 2 fully saturated rings. The first-order valence-corrected chi connectivity index (χ1v) is 15.9. The molecule has 0 saturated carbocycles. The van der Waals surface area contributed by atoms with Crippen molar-refractivity contribution in [3.8, 4) is 0 Å². The minimum atomic E-state index is -0.165. The minimum absolute atomic E-state index is 0.165. The zero-order chi connectivity index (χ0) is 30.4. The fraction of sp³-hybridized carbons (Fsp3) is 0.528. The number of amidine groups is 1. The van der Waals surface area contributed by atoms with Gasteiger partial charge in [-0.1, -0.05) is 62.9 Å². The first-order valence-electron chi connectivity index (χ1n) is 15.9. The lowest BCUT2D eigenvalue weighted by atomic mass is 9.74. The third kappa shape index (κ3) is 7.03. The van der Waals surface area contributed by atoms with Crippen molar-refractivity contribution in [3.05, 3.63) is 96.3 Å². The maximum absolute atomic E-state index is 6.14. The minimum Gasteiger partial charge on any atom is -0.368 e. The van der Waals surface area contributed by atoms with Gasteiger partial charge < -0.3 is 25.3 Å². The predicted molar refractivity (Wildman–Crippen MR) is 179 cm³/mol. The molecular formula is C36H54N6. The van der Waals surface area contributed by atoms with Gasteiger partial charge >= 0.3 is 0 Å². The topological polar surface area (TPSA) is 51.3 Å². The van der Waals surface area contributed by atoms with Gasteiger partial charge in [0.1, 0.15) is 17.5 Å². The van der Waals surface area contributed by atoms with Gasteiger partial charge in [-0.25, -0.2) is 4.99 Å². The van der Waals surface area contributed by atoms with Crippen LogP contribution in [0.3, 0.4) is 0 Å². The fourth-order valence-corrected chi connectivity index (χ4v) is 6.59. The molecule has 2 N–H and O–H groups in total. The van der Waals surface area contributed by atoms with Crippen LogP contribution < -0.4 is 5.73 Å². The Bertz CT molecular complexity index is 1220. The highest BCUT2D eigenvalue weighted by molar-refractivity contribution is 5.95. The van der Waals surface area contributed by atoms with Crippen molar-refractivity contribution in [1.29, 1.82) is 0 Å². The van der Waals surface area contributed by atoms with Crippen LogP contribution in [0.25, 0.3) is 0 Å².